The minimum absolute atomic E-state index is 0.0169. The molecule has 4 N–H and O–H groups in total. The van der Waals surface area contributed by atoms with Crippen molar-refractivity contribution >= 4 is 46.7 Å². The molecule has 0 spiro atoms. The highest BCUT2D eigenvalue weighted by atomic mass is 16.6. The number of nitrogens with one attached hydrogen (secondary N) is 3. The summed E-state index contributed by atoms with van der Waals surface area (Å²) < 4.78 is 25.0. The van der Waals surface area contributed by atoms with Gasteiger partial charge in [0.25, 0.3) is 0 Å². The van der Waals surface area contributed by atoms with Crippen molar-refractivity contribution in [3.05, 3.63) is 129 Å². The quantitative estimate of drug-likeness (QED) is 0.0706. The van der Waals surface area contributed by atoms with E-state index in [0.29, 0.717) is 43.4 Å². The van der Waals surface area contributed by atoms with Crippen LogP contribution < -0.4 is 22.0 Å². The Morgan fingerprint density at radius 3 is 1.61 bits per heavy atom. The molecule has 4 aliphatic carbocycles. The molecule has 6 aromatic rings. The number of hydrogen-bond donors (Lipinski definition) is 4. The largest absolute Gasteiger partial charge is 0.452 e. The molecule has 0 unspecified atom stereocenters. The van der Waals surface area contributed by atoms with E-state index in [4.69, 9.17) is 14.6 Å². The lowest BCUT2D eigenvalue weighted by Crippen LogP contribution is -2.47. The van der Waals surface area contributed by atoms with Gasteiger partial charge in [-0.1, -0.05) is 70.9 Å². The molecule has 71 heavy (non-hydrogen) atoms. The Morgan fingerprint density at radius 2 is 1.11 bits per heavy atom. The highest BCUT2D eigenvalue weighted by Gasteiger charge is 2.37. The third-order valence-electron chi connectivity index (χ3n) is 11.5. The van der Waals surface area contributed by atoms with Crippen molar-refractivity contribution in [1.29, 1.82) is 0 Å². The summed E-state index contributed by atoms with van der Waals surface area (Å²) in [5, 5.41) is 20.6. The second-order valence-corrected chi connectivity index (χ2v) is 18.1. The number of ether oxygens (including phenoxy) is 4. The van der Waals surface area contributed by atoms with Gasteiger partial charge in [0.2, 0.25) is 0 Å². The molecule has 0 atom stereocenters. The molecule has 0 bridgehead atoms. The lowest BCUT2D eigenvalue weighted by Gasteiger charge is -2.35. The van der Waals surface area contributed by atoms with Gasteiger partial charge in [0.15, 0.2) is 11.3 Å². The number of amides is 4. The minimum atomic E-state index is -0.902. The van der Waals surface area contributed by atoms with Gasteiger partial charge in [-0.2, -0.15) is 0 Å². The molecule has 0 aliphatic heterocycles. The molecule has 21 nitrogen and oxygen atoms in total. The van der Waals surface area contributed by atoms with E-state index >= 15 is 0 Å². The lowest BCUT2D eigenvalue weighted by atomic mass is 9.86. The molecule has 4 fully saturated rings. The number of rotatable bonds is 11. The average Bonchev–Trinajstić information content (AvgIpc) is 4.28. The number of imidazole rings is 2. The minimum Gasteiger partial charge on any atom is -0.445 e. The van der Waals surface area contributed by atoms with Crippen LogP contribution in [-0.2, 0) is 32.2 Å². The van der Waals surface area contributed by atoms with Crippen LogP contribution in [0.4, 0.5) is 19.2 Å². The molecule has 4 aliphatic rings. The summed E-state index contributed by atoms with van der Waals surface area (Å²) in [6.45, 7) is 7.20. The van der Waals surface area contributed by atoms with Crippen LogP contribution in [0.15, 0.2) is 117 Å². The zero-order valence-electron chi connectivity index (χ0n) is 40.1. The Bertz CT molecular complexity index is 2850. The molecule has 10 rings (SSSR count). The maximum Gasteiger partial charge on any atom is 0.452 e. The fourth-order valence-electron chi connectivity index (χ4n) is 7.76. The first-order chi connectivity index (χ1) is 34.2. The molecule has 4 heterocycles. The van der Waals surface area contributed by atoms with Crippen molar-refractivity contribution in [3.63, 3.8) is 0 Å². The number of hydrogen-bond acceptors (Lipinski definition) is 13. The summed E-state index contributed by atoms with van der Waals surface area (Å²) in [6, 6.07) is 27.6. The fourth-order valence-corrected chi connectivity index (χ4v) is 7.76. The van der Waals surface area contributed by atoms with Gasteiger partial charge in [0.05, 0.1) is 29.3 Å². The molecule has 4 amide bonds. The maximum atomic E-state index is 13.0. The van der Waals surface area contributed by atoms with Crippen LogP contribution in [0.1, 0.15) is 108 Å². The van der Waals surface area contributed by atoms with Crippen molar-refractivity contribution in [2.45, 2.75) is 141 Å². The van der Waals surface area contributed by atoms with Gasteiger partial charge in [0.1, 0.15) is 13.2 Å². The highest BCUT2D eigenvalue weighted by molar-refractivity contribution is 5.74. The number of alkyl carbamates (subject to hydrolysis) is 2. The van der Waals surface area contributed by atoms with Crippen LogP contribution in [0.25, 0.3) is 22.3 Å². The summed E-state index contributed by atoms with van der Waals surface area (Å²) in [7, 11) is 0. The molecule has 2 aromatic carbocycles. The van der Waals surface area contributed by atoms with E-state index in [9.17, 15) is 28.8 Å². The summed E-state index contributed by atoms with van der Waals surface area (Å²) in [6.07, 6.45) is 6.93. The molecule has 0 radical (unpaired) electrons. The summed E-state index contributed by atoms with van der Waals surface area (Å²) in [4.78, 5) is 80.6. The van der Waals surface area contributed by atoms with Crippen LogP contribution in [0.5, 0.6) is 0 Å². The van der Waals surface area contributed by atoms with Gasteiger partial charge < -0.3 is 34.7 Å². The van der Waals surface area contributed by atoms with Gasteiger partial charge in [-0.3, -0.25) is 18.7 Å². The molecule has 0 saturated heterocycles. The third kappa shape index (κ3) is 14.9. The number of benzene rings is 2. The van der Waals surface area contributed by atoms with Crippen molar-refractivity contribution in [1.82, 2.24) is 39.3 Å². The summed E-state index contributed by atoms with van der Waals surface area (Å²) >= 11 is 0. The highest BCUT2D eigenvalue weighted by Crippen LogP contribution is 2.39. The fraction of sp³-hybridized carbons (Fsp3) is 0.440. The number of azo groups is 1. The maximum absolute atomic E-state index is 13.0. The van der Waals surface area contributed by atoms with Crippen molar-refractivity contribution in [3.8, 4) is 0 Å². The Hall–Kier alpha value is -7.68. The number of pyridine rings is 2. The number of fused-ring (bicyclic) bond motifs is 2. The molecule has 4 aromatic heterocycles. The van der Waals surface area contributed by atoms with Gasteiger partial charge >= 0.3 is 35.8 Å². The van der Waals surface area contributed by atoms with Crippen LogP contribution in [0.3, 0.4) is 0 Å². The number of nitrogens with zero attached hydrogens (tertiary/aromatic N) is 7. The topological polar surface area (TPSA) is 265 Å². The van der Waals surface area contributed by atoms with Gasteiger partial charge in [-0.15, -0.1) is 0 Å². The SMILES string of the molecule is CC(C)OC(=O)N=NC(=O)OC(C)C.O=C(NC1CC(O)C1)OCc1ccccc1.O=C(NC1CC(n2c(=O)n(C3CC3)c3cccnc32)C1)OCc1ccccc1.O=c1[nH]c2ncccc2n1C1CC1. The van der Waals surface area contributed by atoms with E-state index in [-0.39, 0.29) is 61.0 Å². The monoisotopic (exact) mass is 976 g/mol. The molecule has 4 saturated carbocycles. The van der Waals surface area contributed by atoms with Crippen LogP contribution in [0.2, 0.25) is 0 Å². The Balaban J connectivity index is 0.000000148. The summed E-state index contributed by atoms with van der Waals surface area (Å²) in [5.74, 6) is 0. The number of aromatic amines is 1. The molecular weight excluding hydrogens is 917 g/mol. The molecule has 376 valence electrons. The van der Waals surface area contributed by atoms with Crippen LogP contribution in [0, 0.1) is 0 Å². The Labute approximate surface area is 408 Å². The number of carbonyl (C=O) groups excluding carboxylic acids is 4. The second kappa shape index (κ2) is 24.2. The predicted molar refractivity (Wildman–Crippen MR) is 260 cm³/mol. The first kappa shape index (κ1) is 51.2. The van der Waals surface area contributed by atoms with Crippen molar-refractivity contribution < 1.29 is 43.2 Å². The number of aliphatic hydroxyl groups is 1. The number of H-pyrrole nitrogens is 1. The number of aliphatic hydroxyl groups excluding tert-OH is 1. The second-order valence-electron chi connectivity index (χ2n) is 18.1. The smallest absolute Gasteiger partial charge is 0.445 e. The molecule has 21 heteroatoms. The van der Waals surface area contributed by atoms with Crippen molar-refractivity contribution in [2.75, 3.05) is 0 Å². The third-order valence-corrected chi connectivity index (χ3v) is 11.5. The number of carbonyl (C=O) groups is 4. The van der Waals surface area contributed by atoms with E-state index in [0.717, 1.165) is 53.5 Å². The van der Waals surface area contributed by atoms with Crippen LogP contribution >= 0.6 is 0 Å². The van der Waals surface area contributed by atoms with Crippen LogP contribution in [-0.4, -0.2) is 88.5 Å². The van der Waals surface area contributed by atoms with Gasteiger partial charge in [-0.05, 0) is 114 Å². The van der Waals surface area contributed by atoms with Gasteiger partial charge in [-0.25, -0.2) is 38.7 Å². The number of aromatic nitrogens is 6. The Morgan fingerprint density at radius 1 is 0.634 bits per heavy atom. The summed E-state index contributed by atoms with van der Waals surface area (Å²) in [5.41, 5.74) is 5.18. The Kier molecular flexibility index (Phi) is 17.5. The van der Waals surface area contributed by atoms with E-state index in [1.165, 1.54) is 0 Å². The van der Waals surface area contributed by atoms with E-state index in [2.05, 4.69) is 45.3 Å². The standard InChI is InChI=1S/C21H22N4O3.C12H15NO3.C9H9N3O.C8H14N2O4/c26-20(28-13-14-5-2-1-3-6-14)23-15-11-17(12-15)25-19-18(7-4-10-22-19)24(21(25)27)16-8-9-16;14-11-6-10(7-11)13-12(15)16-8-9-4-2-1-3-5-9;13-9-11-8-7(2-1-5-10-8)12(9)6-3-4-6;1-5(2)13-7(11)9-10-8(12)14-6(3)4/h1-7,10,15-17H,8-9,11-13H2,(H,23,26);1-5,10-11,14H,6-8H2,(H,13,15);1-2,5-6H,3-4H2,(H,10,11,13);5-6H,1-4H3. The van der Waals surface area contributed by atoms with Crippen molar-refractivity contribution in [2.24, 2.45) is 10.2 Å². The lowest BCUT2D eigenvalue weighted by molar-refractivity contribution is 0.0568. The van der Waals surface area contributed by atoms with E-state index in [1.54, 1.807) is 44.7 Å². The van der Waals surface area contributed by atoms with Gasteiger partial charge in [0, 0.05) is 42.6 Å². The normalized spacial score (nSPS) is 18.9. The molecular formula is C50H60N10O11. The zero-order chi connectivity index (χ0) is 50.4. The predicted octanol–water partition coefficient (Wildman–Crippen LogP) is 8.19. The first-order valence-corrected chi connectivity index (χ1v) is 23.8. The zero-order valence-corrected chi connectivity index (χ0v) is 40.1. The van der Waals surface area contributed by atoms with E-state index < -0.39 is 24.4 Å². The average molecular weight is 977 g/mol. The van der Waals surface area contributed by atoms with E-state index in [1.807, 2.05) is 94.1 Å². The first-order valence-electron chi connectivity index (χ1n) is 23.8.